The molecule has 2 aromatic heterocycles. The summed E-state index contributed by atoms with van der Waals surface area (Å²) in [5.74, 6) is -0.0134. The first kappa shape index (κ1) is 28.1. The Kier molecular flexibility index (Phi) is 8.15. The summed E-state index contributed by atoms with van der Waals surface area (Å²) < 4.78 is 53.1. The number of imidazole rings is 1. The maximum absolute atomic E-state index is 15.8. The lowest BCUT2D eigenvalue weighted by Gasteiger charge is -2.25. The Morgan fingerprint density at radius 3 is 2.68 bits per heavy atom. The Bertz CT molecular complexity index is 1320. The fraction of sp³-hybridized carbons (Fsp3) is 0.500. The Hall–Kier alpha value is -2.96. The number of benzene rings is 1. The minimum Gasteiger partial charge on any atom is -0.462 e. The molecule has 1 unspecified atom stereocenters. The molecule has 1 fully saturated rings. The Morgan fingerprint density at radius 2 is 2.00 bits per heavy atom. The highest BCUT2D eigenvalue weighted by Crippen LogP contribution is 2.48. The van der Waals surface area contributed by atoms with Gasteiger partial charge in [0.15, 0.2) is 17.5 Å². The predicted molar refractivity (Wildman–Crippen MR) is 134 cm³/mol. The molecule has 4 rings (SSSR count). The maximum Gasteiger partial charge on any atom is 0.459 e. The topological polar surface area (TPSA) is 147 Å². The number of carbonyl (C=O) groups is 1. The zero-order chi connectivity index (χ0) is 27.7. The largest absolute Gasteiger partial charge is 0.462 e. The van der Waals surface area contributed by atoms with Gasteiger partial charge in [0.05, 0.1) is 25.2 Å². The third-order valence-corrected chi connectivity index (χ3v) is 7.48. The van der Waals surface area contributed by atoms with E-state index in [1.165, 1.54) is 30.9 Å². The normalized spacial score (nSPS) is 25.8. The molecule has 2 N–H and O–H groups in total. The van der Waals surface area contributed by atoms with Gasteiger partial charge >= 0.3 is 13.7 Å². The lowest BCUT2D eigenvalue weighted by Crippen LogP contribution is -2.41. The quantitative estimate of drug-likeness (QED) is 0.283. The van der Waals surface area contributed by atoms with Crippen molar-refractivity contribution in [2.24, 2.45) is 0 Å². The Balaban J connectivity index is 1.54. The van der Waals surface area contributed by atoms with E-state index in [4.69, 9.17) is 18.5 Å². The number of hydrogen-bond acceptors (Lipinski definition) is 10. The smallest absolute Gasteiger partial charge is 0.459 e. The molecule has 38 heavy (non-hydrogen) atoms. The average Bonchev–Trinajstić information content (AvgIpc) is 3.35. The van der Waals surface area contributed by atoms with Crippen LogP contribution in [0.25, 0.3) is 11.2 Å². The molecule has 0 saturated carbocycles. The number of carbonyl (C=O) groups excluding carboxylic acids is 1. The van der Waals surface area contributed by atoms with Crippen LogP contribution in [0.2, 0.25) is 0 Å². The molecule has 206 valence electrons. The number of rotatable bonds is 10. The van der Waals surface area contributed by atoms with E-state index in [-0.39, 0.29) is 5.75 Å². The molecule has 1 aliphatic heterocycles. The van der Waals surface area contributed by atoms with Crippen LogP contribution in [-0.4, -0.2) is 67.2 Å². The minimum atomic E-state index is -4.25. The van der Waals surface area contributed by atoms with E-state index >= 15 is 4.39 Å². The second-order valence-electron chi connectivity index (χ2n) is 9.43. The first-order valence-electron chi connectivity index (χ1n) is 12.1. The molecule has 0 bridgehead atoms. The number of aliphatic hydroxyl groups is 1. The number of aryl methyl sites for hydroxylation is 1. The van der Waals surface area contributed by atoms with Gasteiger partial charge in [-0.3, -0.25) is 13.9 Å². The van der Waals surface area contributed by atoms with Crippen LogP contribution in [0, 0.1) is 6.92 Å². The fourth-order valence-corrected chi connectivity index (χ4v) is 5.44. The van der Waals surface area contributed by atoms with Crippen molar-refractivity contribution in [3.05, 3.63) is 48.7 Å². The summed E-state index contributed by atoms with van der Waals surface area (Å²) in [6, 6.07) is 7.11. The van der Waals surface area contributed by atoms with Gasteiger partial charge in [0, 0.05) is 0 Å². The number of nitrogens with zero attached hydrogens (tertiary/aromatic N) is 4. The van der Waals surface area contributed by atoms with Gasteiger partial charge in [0.2, 0.25) is 0 Å². The molecule has 3 aromatic rings. The van der Waals surface area contributed by atoms with Gasteiger partial charge in [0.1, 0.15) is 35.3 Å². The third kappa shape index (κ3) is 6.02. The Morgan fingerprint density at radius 1 is 1.29 bits per heavy atom. The number of aliphatic hydroxyl groups excluding tert-OH is 1. The number of nitrogens with one attached hydrogen (secondary N) is 1. The molecule has 1 aliphatic rings. The molecule has 0 amide bonds. The zero-order valence-electron chi connectivity index (χ0n) is 21.6. The summed E-state index contributed by atoms with van der Waals surface area (Å²) in [7, 11) is -4.25. The molecule has 6 atom stereocenters. The van der Waals surface area contributed by atoms with E-state index in [1.54, 1.807) is 51.1 Å². The Labute approximate surface area is 219 Å². The number of ether oxygens (including phenoxy) is 2. The number of hydrogen-bond donors (Lipinski definition) is 2. The molecule has 14 heteroatoms. The van der Waals surface area contributed by atoms with E-state index < -0.39 is 56.6 Å². The zero-order valence-corrected chi connectivity index (χ0v) is 22.5. The van der Waals surface area contributed by atoms with Crippen LogP contribution in [0.4, 0.5) is 4.39 Å². The van der Waals surface area contributed by atoms with Crippen molar-refractivity contribution in [3.63, 3.8) is 0 Å². The summed E-state index contributed by atoms with van der Waals surface area (Å²) in [5, 5.41) is 13.3. The number of aromatic nitrogens is 4. The predicted octanol–water partition coefficient (Wildman–Crippen LogP) is 3.25. The van der Waals surface area contributed by atoms with Crippen LogP contribution in [-0.2, 0) is 23.4 Å². The van der Waals surface area contributed by atoms with Crippen molar-refractivity contribution in [1.29, 1.82) is 0 Å². The maximum atomic E-state index is 15.8. The van der Waals surface area contributed by atoms with Crippen molar-refractivity contribution in [2.75, 3.05) is 6.61 Å². The summed E-state index contributed by atoms with van der Waals surface area (Å²) in [6.45, 7) is 7.15. The average molecular weight is 552 g/mol. The number of alkyl halides is 1. The van der Waals surface area contributed by atoms with Gasteiger partial charge in [-0.25, -0.2) is 23.9 Å². The van der Waals surface area contributed by atoms with Crippen molar-refractivity contribution in [1.82, 2.24) is 24.6 Å². The number of halogens is 1. The number of esters is 1. The van der Waals surface area contributed by atoms with Gasteiger partial charge in [-0.1, -0.05) is 18.2 Å². The second kappa shape index (κ2) is 11.0. The highest BCUT2D eigenvalue weighted by molar-refractivity contribution is 7.52. The van der Waals surface area contributed by atoms with Gasteiger partial charge in [-0.15, -0.1) is 0 Å². The first-order valence-corrected chi connectivity index (χ1v) is 13.6. The van der Waals surface area contributed by atoms with Crippen LogP contribution in [0.1, 0.15) is 39.7 Å². The van der Waals surface area contributed by atoms with E-state index in [1.807, 2.05) is 0 Å². The molecule has 0 radical (unpaired) electrons. The summed E-state index contributed by atoms with van der Waals surface area (Å²) in [6.07, 6.45) is -1.76. The van der Waals surface area contributed by atoms with Crippen LogP contribution in [0.15, 0.2) is 42.9 Å². The van der Waals surface area contributed by atoms with Crippen LogP contribution in [0.5, 0.6) is 5.75 Å². The van der Waals surface area contributed by atoms with Crippen LogP contribution >= 0.6 is 7.75 Å². The number of fused-ring (bicyclic) bond motifs is 1. The molecule has 0 aliphatic carbocycles. The third-order valence-electron chi connectivity index (χ3n) is 5.84. The summed E-state index contributed by atoms with van der Waals surface area (Å²) in [4.78, 5) is 24.9. The highest BCUT2D eigenvalue weighted by Gasteiger charge is 2.56. The fourth-order valence-electron chi connectivity index (χ4n) is 3.94. The summed E-state index contributed by atoms with van der Waals surface area (Å²) in [5.41, 5.74) is -1.53. The first-order chi connectivity index (χ1) is 17.9. The summed E-state index contributed by atoms with van der Waals surface area (Å²) >= 11 is 0. The van der Waals surface area contributed by atoms with Crippen LogP contribution < -0.4 is 9.61 Å². The number of para-hydroxylation sites is 1. The van der Waals surface area contributed by atoms with Crippen molar-refractivity contribution in [2.45, 2.75) is 70.9 Å². The van der Waals surface area contributed by atoms with E-state index in [2.05, 4.69) is 20.0 Å². The lowest BCUT2D eigenvalue weighted by molar-refractivity contribution is -0.149. The van der Waals surface area contributed by atoms with Gasteiger partial charge in [0.25, 0.3) is 0 Å². The molecule has 1 aromatic carbocycles. The molecule has 3 heterocycles. The SMILES string of the molecule is Cc1ncc2ncn([C@@H]3O[C@H](COP(=O)(N[C@H](C)C(=O)OC(C)C)Oc4ccccc4)[C@@H](O)[C@@]3(C)F)c2n1. The van der Waals surface area contributed by atoms with Crippen molar-refractivity contribution in [3.8, 4) is 5.75 Å². The highest BCUT2D eigenvalue weighted by atomic mass is 31.2. The van der Waals surface area contributed by atoms with E-state index in [0.29, 0.717) is 17.0 Å². The van der Waals surface area contributed by atoms with Gasteiger partial charge in [-0.05, 0) is 46.8 Å². The van der Waals surface area contributed by atoms with Crippen molar-refractivity contribution < 1.29 is 37.4 Å². The molecule has 0 spiro atoms. The standard InChI is InChI=1S/C24H31FN5O7P/c1-14(2)35-22(32)15(3)29-38(33,37-17-9-7-6-8-10-17)34-12-19-20(31)24(5,25)23(36-19)30-13-27-18-11-26-16(4)28-21(18)30/h6-11,13-15,19-20,23,31H,12H2,1-5H3,(H,29,33)/t15-,19-,20-,23-,24-,38?/m1/s1. The minimum absolute atomic E-state index is 0.203. The van der Waals surface area contributed by atoms with Crippen LogP contribution in [0.3, 0.4) is 0 Å². The molecule has 12 nitrogen and oxygen atoms in total. The monoisotopic (exact) mass is 551 g/mol. The lowest BCUT2D eigenvalue weighted by atomic mass is 9.98. The van der Waals surface area contributed by atoms with Crippen molar-refractivity contribution >= 4 is 24.9 Å². The van der Waals surface area contributed by atoms with Gasteiger partial charge in [-0.2, -0.15) is 5.09 Å². The molecule has 1 saturated heterocycles. The van der Waals surface area contributed by atoms with E-state index in [9.17, 15) is 14.5 Å². The van der Waals surface area contributed by atoms with E-state index in [0.717, 1.165) is 0 Å². The second-order valence-corrected chi connectivity index (χ2v) is 11.1. The molecular formula is C24H31FN5O7P. The van der Waals surface area contributed by atoms with Gasteiger partial charge < -0.3 is 19.1 Å². The molecular weight excluding hydrogens is 520 g/mol.